The number of hydrogen-bond donors (Lipinski definition) is 2. The van der Waals surface area contributed by atoms with Gasteiger partial charge in [0.25, 0.3) is 0 Å². The maximum atomic E-state index is 5.76. The van der Waals surface area contributed by atoms with Gasteiger partial charge in [-0.05, 0) is 30.5 Å². The Morgan fingerprint density at radius 1 is 1.15 bits per heavy atom. The van der Waals surface area contributed by atoms with Gasteiger partial charge in [0.1, 0.15) is 0 Å². The lowest BCUT2D eigenvalue weighted by Crippen LogP contribution is -2.37. The van der Waals surface area contributed by atoms with Gasteiger partial charge in [0.05, 0.1) is 34.0 Å². The molecule has 8 nitrogen and oxygen atoms in total. The Labute approximate surface area is 161 Å². The van der Waals surface area contributed by atoms with Crippen molar-refractivity contribution in [3.05, 3.63) is 17.7 Å². The Hall–Kier alpha value is -2.19. The predicted octanol–water partition coefficient (Wildman–Crippen LogP) is 1.57. The summed E-state index contributed by atoms with van der Waals surface area (Å²) in [6.45, 7) is 3.59. The molecule has 1 atom stereocenters. The number of nitrogens with one attached hydrogen (secondary N) is 2. The monoisotopic (exact) mass is 381 g/mol. The number of benzene rings is 1. The molecule has 0 spiro atoms. The van der Waals surface area contributed by atoms with E-state index in [-0.39, 0.29) is 6.10 Å². The molecule has 1 aliphatic heterocycles. The minimum absolute atomic E-state index is 0.252. The predicted molar refractivity (Wildman–Crippen MR) is 104 cm³/mol. The van der Waals surface area contributed by atoms with Crippen LogP contribution >= 0.6 is 0 Å². The average Bonchev–Trinajstić information content (AvgIpc) is 3.22. The summed E-state index contributed by atoms with van der Waals surface area (Å²) in [7, 11) is 6.55. The molecular formula is C19H31N3O5. The van der Waals surface area contributed by atoms with Crippen molar-refractivity contribution in [2.24, 2.45) is 4.99 Å². The lowest BCUT2D eigenvalue weighted by Gasteiger charge is -2.16. The third-order valence-corrected chi connectivity index (χ3v) is 4.26. The first-order valence-corrected chi connectivity index (χ1v) is 9.14. The Morgan fingerprint density at radius 3 is 2.44 bits per heavy atom. The fourth-order valence-electron chi connectivity index (χ4n) is 2.82. The van der Waals surface area contributed by atoms with Crippen molar-refractivity contribution in [3.63, 3.8) is 0 Å². The van der Waals surface area contributed by atoms with Gasteiger partial charge < -0.3 is 34.3 Å². The van der Waals surface area contributed by atoms with Gasteiger partial charge >= 0.3 is 0 Å². The van der Waals surface area contributed by atoms with Crippen molar-refractivity contribution >= 4 is 5.96 Å². The maximum absolute atomic E-state index is 5.76. The van der Waals surface area contributed by atoms with Gasteiger partial charge in [0.15, 0.2) is 17.5 Å². The third-order valence-electron chi connectivity index (χ3n) is 4.26. The summed E-state index contributed by atoms with van der Waals surface area (Å²) >= 11 is 0. The van der Waals surface area contributed by atoms with E-state index in [0.29, 0.717) is 37.0 Å². The van der Waals surface area contributed by atoms with E-state index in [9.17, 15) is 0 Å². The second-order valence-electron chi connectivity index (χ2n) is 6.10. The normalized spacial score (nSPS) is 16.9. The molecule has 0 bridgehead atoms. The summed E-state index contributed by atoms with van der Waals surface area (Å²) < 4.78 is 27.2. The minimum atomic E-state index is 0.252. The van der Waals surface area contributed by atoms with Gasteiger partial charge in [-0.1, -0.05) is 0 Å². The van der Waals surface area contributed by atoms with Crippen LogP contribution in [0.1, 0.15) is 18.4 Å². The van der Waals surface area contributed by atoms with Crippen LogP contribution in [-0.2, 0) is 16.0 Å². The molecular weight excluding hydrogens is 350 g/mol. The van der Waals surface area contributed by atoms with Gasteiger partial charge in [0.2, 0.25) is 5.75 Å². The van der Waals surface area contributed by atoms with Crippen molar-refractivity contribution in [2.75, 3.05) is 54.7 Å². The van der Waals surface area contributed by atoms with Crippen molar-refractivity contribution in [3.8, 4) is 17.2 Å². The summed E-state index contributed by atoms with van der Waals surface area (Å²) in [6, 6.07) is 3.83. The van der Waals surface area contributed by atoms with E-state index in [1.807, 2.05) is 12.1 Å². The van der Waals surface area contributed by atoms with Gasteiger partial charge in [-0.25, -0.2) is 0 Å². The minimum Gasteiger partial charge on any atom is -0.493 e. The van der Waals surface area contributed by atoms with E-state index < -0.39 is 0 Å². The number of rotatable bonds is 10. The summed E-state index contributed by atoms with van der Waals surface area (Å²) in [5, 5.41) is 6.57. The Bertz CT molecular complexity index is 578. The molecule has 1 aromatic carbocycles. The maximum Gasteiger partial charge on any atom is 0.203 e. The van der Waals surface area contributed by atoms with Crippen LogP contribution < -0.4 is 24.8 Å². The molecule has 0 aliphatic carbocycles. The molecule has 1 heterocycles. The summed E-state index contributed by atoms with van der Waals surface area (Å²) in [5.74, 6) is 2.57. The fraction of sp³-hybridized carbons (Fsp3) is 0.632. The topological polar surface area (TPSA) is 82.6 Å². The molecule has 1 saturated heterocycles. The van der Waals surface area contributed by atoms with Crippen LogP contribution in [0.4, 0.5) is 0 Å². The standard InChI is InChI=1S/C19H31N3O5/c1-20-19(21-7-5-8-27-15-6-9-26-13-15)22-12-14-10-16(23-2)18(25-4)17(11-14)24-3/h10-11,15H,5-9,12-13H2,1-4H3,(H2,20,21,22). The second-order valence-corrected chi connectivity index (χ2v) is 6.10. The molecule has 1 aromatic rings. The van der Waals surface area contributed by atoms with E-state index >= 15 is 0 Å². The average molecular weight is 381 g/mol. The van der Waals surface area contributed by atoms with E-state index in [1.165, 1.54) is 0 Å². The smallest absolute Gasteiger partial charge is 0.203 e. The molecule has 0 saturated carbocycles. The van der Waals surface area contributed by atoms with Crippen LogP contribution in [0.5, 0.6) is 17.2 Å². The number of guanidine groups is 1. The molecule has 1 unspecified atom stereocenters. The second kappa shape index (κ2) is 11.5. The first kappa shape index (κ1) is 21.1. The van der Waals surface area contributed by atoms with E-state index in [1.54, 1.807) is 28.4 Å². The van der Waals surface area contributed by atoms with Crippen molar-refractivity contribution in [1.82, 2.24) is 10.6 Å². The Balaban J connectivity index is 1.77. The zero-order valence-electron chi connectivity index (χ0n) is 16.7. The zero-order valence-corrected chi connectivity index (χ0v) is 16.7. The van der Waals surface area contributed by atoms with Crippen LogP contribution in [0.2, 0.25) is 0 Å². The molecule has 8 heteroatoms. The first-order valence-electron chi connectivity index (χ1n) is 9.14. The number of nitrogens with zero attached hydrogens (tertiary/aromatic N) is 1. The highest BCUT2D eigenvalue weighted by molar-refractivity contribution is 5.79. The lowest BCUT2D eigenvalue weighted by molar-refractivity contribution is 0.0420. The Morgan fingerprint density at radius 2 is 1.89 bits per heavy atom. The van der Waals surface area contributed by atoms with Crippen LogP contribution in [0.25, 0.3) is 0 Å². The van der Waals surface area contributed by atoms with Crippen molar-refractivity contribution < 1.29 is 23.7 Å². The molecule has 0 amide bonds. The number of hydrogen-bond acceptors (Lipinski definition) is 6. The zero-order chi connectivity index (χ0) is 19.5. The number of aliphatic imine (C=N–C) groups is 1. The van der Waals surface area contributed by atoms with E-state index in [4.69, 9.17) is 23.7 Å². The summed E-state index contributed by atoms with van der Waals surface area (Å²) in [4.78, 5) is 4.24. The van der Waals surface area contributed by atoms with E-state index in [0.717, 1.165) is 37.5 Å². The Kier molecular flexibility index (Phi) is 9.00. The molecule has 2 rings (SSSR count). The highest BCUT2D eigenvalue weighted by Crippen LogP contribution is 2.38. The molecule has 0 aromatic heterocycles. The number of methoxy groups -OCH3 is 3. The van der Waals surface area contributed by atoms with Crippen LogP contribution in [-0.4, -0.2) is 66.8 Å². The highest BCUT2D eigenvalue weighted by atomic mass is 16.5. The lowest BCUT2D eigenvalue weighted by atomic mass is 10.2. The number of ether oxygens (including phenoxy) is 5. The fourth-order valence-corrected chi connectivity index (χ4v) is 2.82. The van der Waals surface area contributed by atoms with Crippen molar-refractivity contribution in [2.45, 2.75) is 25.5 Å². The van der Waals surface area contributed by atoms with Gasteiger partial charge in [-0.3, -0.25) is 4.99 Å². The van der Waals surface area contributed by atoms with Gasteiger partial charge in [-0.2, -0.15) is 0 Å². The van der Waals surface area contributed by atoms with Gasteiger partial charge in [0, 0.05) is 33.4 Å². The van der Waals surface area contributed by atoms with Gasteiger partial charge in [-0.15, -0.1) is 0 Å². The SMILES string of the molecule is CN=C(NCCCOC1CCOC1)NCc1cc(OC)c(OC)c(OC)c1. The van der Waals surface area contributed by atoms with Crippen LogP contribution in [0.15, 0.2) is 17.1 Å². The van der Waals surface area contributed by atoms with Crippen LogP contribution in [0.3, 0.4) is 0 Å². The quantitative estimate of drug-likeness (QED) is 0.362. The largest absolute Gasteiger partial charge is 0.493 e. The summed E-state index contributed by atoms with van der Waals surface area (Å²) in [5.41, 5.74) is 0.997. The summed E-state index contributed by atoms with van der Waals surface area (Å²) in [6.07, 6.45) is 2.15. The molecule has 1 aliphatic rings. The molecule has 2 N–H and O–H groups in total. The molecule has 0 radical (unpaired) electrons. The van der Waals surface area contributed by atoms with E-state index in [2.05, 4.69) is 15.6 Å². The third kappa shape index (κ3) is 6.48. The molecule has 1 fully saturated rings. The molecule has 27 heavy (non-hydrogen) atoms. The first-order chi connectivity index (χ1) is 13.2. The molecule has 152 valence electrons. The highest BCUT2D eigenvalue weighted by Gasteiger charge is 2.15. The van der Waals surface area contributed by atoms with Crippen molar-refractivity contribution in [1.29, 1.82) is 0 Å². The van der Waals surface area contributed by atoms with Crippen LogP contribution in [0, 0.1) is 0 Å².